The van der Waals surface area contributed by atoms with E-state index in [1.165, 1.54) is 49.0 Å². The zero-order chi connectivity index (χ0) is 20.9. The van der Waals surface area contributed by atoms with E-state index >= 15 is 0 Å². The number of fused-ring (bicyclic) bond motifs is 1. The lowest BCUT2D eigenvalue weighted by molar-refractivity contribution is -0.657. The van der Waals surface area contributed by atoms with Gasteiger partial charge in [0.25, 0.3) is 5.65 Å². The van der Waals surface area contributed by atoms with Crippen LogP contribution < -0.4 is 20.1 Å². The van der Waals surface area contributed by atoms with Crippen molar-refractivity contribution < 1.29 is 4.57 Å². The summed E-state index contributed by atoms with van der Waals surface area (Å²) in [5, 5.41) is 8.77. The molecule has 3 heteroatoms. The van der Waals surface area contributed by atoms with Crippen molar-refractivity contribution in [2.24, 2.45) is 0 Å². The molecule has 4 heterocycles. The molecule has 0 aliphatic carbocycles. The molecule has 8 rings (SSSR count). The van der Waals surface area contributed by atoms with Crippen LogP contribution in [-0.2, 0) is 12.6 Å². The van der Waals surface area contributed by atoms with E-state index in [-0.39, 0.29) is 0 Å². The van der Waals surface area contributed by atoms with E-state index in [9.17, 15) is 0 Å². The van der Waals surface area contributed by atoms with E-state index in [4.69, 9.17) is 0 Å². The number of hydrogen-bond acceptors (Lipinski definition) is 0. The number of nitrogens with zero attached hydrogens (tertiary/aromatic N) is 2. The normalized spacial score (nSPS) is 15.5. The van der Waals surface area contributed by atoms with Gasteiger partial charge in [-0.1, -0.05) is 97.1 Å². The zero-order valence-electron chi connectivity index (χ0n) is 17.6. The maximum Gasteiger partial charge on any atom is 0.295 e. The van der Waals surface area contributed by atoms with Crippen molar-refractivity contribution in [3.8, 4) is 0 Å². The Hall–Kier alpha value is -3.69. The highest BCUT2D eigenvalue weighted by Crippen LogP contribution is 2.37. The van der Waals surface area contributed by atoms with Gasteiger partial charge in [0.05, 0.1) is 5.39 Å². The highest BCUT2D eigenvalue weighted by atomic mass is 28.3. The Labute approximate surface area is 187 Å². The number of rotatable bonds is 2. The van der Waals surface area contributed by atoms with Gasteiger partial charge in [-0.3, -0.25) is 0 Å². The lowest BCUT2D eigenvalue weighted by atomic mass is 10.0. The van der Waals surface area contributed by atoms with Gasteiger partial charge in [-0.15, -0.1) is 0 Å². The summed E-state index contributed by atoms with van der Waals surface area (Å²) in [7, 11) is -2.25. The SMILES string of the molecule is c1ccc([Si]2(c3ccccc3)Cc3c[n+]4c5c6c(cccc6c6cccc2c6n35)C4)cc1. The Kier molecular flexibility index (Phi) is 3.04. The largest absolute Gasteiger partial charge is 0.295 e. The Balaban J connectivity index is 1.64. The quantitative estimate of drug-likeness (QED) is 0.228. The molecule has 2 aromatic heterocycles. The molecule has 6 aromatic rings. The number of imidazole rings is 1. The molecule has 2 aliphatic heterocycles. The van der Waals surface area contributed by atoms with Gasteiger partial charge >= 0.3 is 0 Å². The Morgan fingerprint density at radius 3 is 2.12 bits per heavy atom. The van der Waals surface area contributed by atoms with Gasteiger partial charge in [-0.2, -0.15) is 4.40 Å². The highest BCUT2D eigenvalue weighted by molar-refractivity contribution is 7.12. The summed E-state index contributed by atoms with van der Waals surface area (Å²) < 4.78 is 5.09. The van der Waals surface area contributed by atoms with Crippen molar-refractivity contribution in [1.29, 1.82) is 0 Å². The standard InChI is InChI=1S/C29H21N2Si/c1-3-10-22(11-4-1)32(23-12-5-2-6-13-23)19-21-18-30-17-20-9-7-14-24-25-15-8-16-26(32)28(25)31(21)29(30)27(20)24/h1-16,18H,17,19H2/q+1. The van der Waals surface area contributed by atoms with Crippen LogP contribution in [0.15, 0.2) is 103 Å². The zero-order valence-corrected chi connectivity index (χ0v) is 18.6. The first-order valence-electron chi connectivity index (χ1n) is 11.4. The summed E-state index contributed by atoms with van der Waals surface area (Å²) >= 11 is 0. The van der Waals surface area contributed by atoms with E-state index in [0.717, 1.165) is 12.6 Å². The smallest absolute Gasteiger partial charge is 0.225 e. The fraction of sp³-hybridized carbons (Fsp3) is 0.0690. The summed E-state index contributed by atoms with van der Waals surface area (Å²) in [6.45, 7) is 0.979. The number of para-hydroxylation sites is 1. The van der Waals surface area contributed by atoms with E-state index in [2.05, 4.69) is 112 Å². The Bertz CT molecular complexity index is 1680. The fourth-order valence-corrected chi connectivity index (χ4v) is 11.5. The minimum Gasteiger partial charge on any atom is -0.225 e. The van der Waals surface area contributed by atoms with Gasteiger partial charge in [-0.05, 0) is 15.6 Å². The van der Waals surface area contributed by atoms with Crippen molar-refractivity contribution in [2.45, 2.75) is 12.6 Å². The molecular weight excluding hydrogens is 404 g/mol. The molecule has 2 aliphatic rings. The van der Waals surface area contributed by atoms with Crippen molar-refractivity contribution in [3.05, 3.63) is 115 Å². The van der Waals surface area contributed by atoms with Crippen LogP contribution in [-0.4, -0.2) is 12.5 Å². The van der Waals surface area contributed by atoms with Gasteiger partial charge < -0.3 is 0 Å². The predicted molar refractivity (Wildman–Crippen MR) is 133 cm³/mol. The average Bonchev–Trinajstić information content (AvgIpc) is 3.40. The maximum absolute atomic E-state index is 2.60. The molecule has 150 valence electrons. The second kappa shape index (κ2) is 5.75. The summed E-state index contributed by atoms with van der Waals surface area (Å²) in [4.78, 5) is 0. The first kappa shape index (κ1) is 16.9. The van der Waals surface area contributed by atoms with Crippen LogP contribution in [0.25, 0.3) is 27.3 Å². The fourth-order valence-electron chi connectivity index (χ4n) is 6.56. The molecule has 0 saturated heterocycles. The van der Waals surface area contributed by atoms with Gasteiger partial charge in [0, 0.05) is 22.4 Å². The molecule has 0 bridgehead atoms. The van der Waals surface area contributed by atoms with Crippen LogP contribution in [0.4, 0.5) is 0 Å². The van der Waals surface area contributed by atoms with E-state index in [1.807, 2.05) is 0 Å². The average molecular weight is 426 g/mol. The molecule has 32 heavy (non-hydrogen) atoms. The summed E-state index contributed by atoms with van der Waals surface area (Å²) in [6, 6.07) is 37.6. The van der Waals surface area contributed by atoms with Gasteiger partial charge in [0.15, 0.2) is 8.07 Å². The van der Waals surface area contributed by atoms with E-state index in [0.29, 0.717) is 0 Å². The molecule has 0 amide bonds. The third-order valence-corrected chi connectivity index (χ3v) is 12.6. The van der Waals surface area contributed by atoms with Crippen molar-refractivity contribution >= 4 is 51.0 Å². The van der Waals surface area contributed by atoms with Crippen LogP contribution in [0.3, 0.4) is 0 Å². The molecule has 0 unspecified atom stereocenters. The van der Waals surface area contributed by atoms with Gasteiger partial charge in [0.2, 0.25) is 0 Å². The molecule has 0 atom stereocenters. The number of pyridine rings is 1. The van der Waals surface area contributed by atoms with Crippen LogP contribution in [0.5, 0.6) is 0 Å². The number of benzene rings is 4. The number of hydrogen-bond donors (Lipinski definition) is 0. The van der Waals surface area contributed by atoms with Gasteiger partial charge in [0.1, 0.15) is 24.0 Å². The van der Waals surface area contributed by atoms with Crippen LogP contribution in [0.1, 0.15) is 11.3 Å². The van der Waals surface area contributed by atoms with Crippen molar-refractivity contribution in [1.82, 2.24) is 4.40 Å². The Morgan fingerprint density at radius 2 is 1.38 bits per heavy atom. The minimum absolute atomic E-state index is 0.979. The first-order chi connectivity index (χ1) is 15.9. The van der Waals surface area contributed by atoms with E-state index in [1.54, 1.807) is 5.19 Å². The molecule has 0 fully saturated rings. The van der Waals surface area contributed by atoms with Crippen molar-refractivity contribution in [3.63, 3.8) is 0 Å². The van der Waals surface area contributed by atoms with Crippen LogP contribution >= 0.6 is 0 Å². The summed E-state index contributed by atoms with van der Waals surface area (Å²) in [5.74, 6) is 0. The monoisotopic (exact) mass is 425 g/mol. The third-order valence-electron chi connectivity index (χ3n) is 7.78. The highest BCUT2D eigenvalue weighted by Gasteiger charge is 2.48. The Morgan fingerprint density at radius 1 is 0.688 bits per heavy atom. The second-order valence-electron chi connectivity index (χ2n) is 9.26. The molecule has 0 saturated carbocycles. The first-order valence-corrected chi connectivity index (χ1v) is 13.6. The van der Waals surface area contributed by atoms with Crippen LogP contribution in [0.2, 0.25) is 0 Å². The number of aromatic nitrogens is 2. The predicted octanol–water partition coefficient (Wildman–Crippen LogP) is 3.46. The minimum atomic E-state index is -2.25. The molecule has 0 radical (unpaired) electrons. The molecule has 0 spiro atoms. The van der Waals surface area contributed by atoms with Crippen LogP contribution in [0, 0.1) is 0 Å². The second-order valence-corrected chi connectivity index (χ2v) is 13.1. The lowest BCUT2D eigenvalue weighted by Gasteiger charge is -2.35. The van der Waals surface area contributed by atoms with Gasteiger partial charge in [-0.25, -0.2) is 4.57 Å². The lowest BCUT2D eigenvalue weighted by Crippen LogP contribution is -2.70. The summed E-state index contributed by atoms with van der Waals surface area (Å²) in [6.07, 6.45) is 2.44. The third kappa shape index (κ3) is 1.85. The topological polar surface area (TPSA) is 8.29 Å². The molecule has 4 aromatic carbocycles. The molecule has 2 nitrogen and oxygen atoms in total. The summed E-state index contributed by atoms with van der Waals surface area (Å²) in [5.41, 5.74) is 5.71. The molecular formula is C29H21N2Si+. The van der Waals surface area contributed by atoms with Crippen molar-refractivity contribution in [2.75, 3.05) is 0 Å². The maximum atomic E-state index is 2.60. The molecule has 0 N–H and O–H groups in total. The van der Waals surface area contributed by atoms with E-state index < -0.39 is 8.07 Å².